The number of aromatic hydroxyl groups is 1. The van der Waals surface area contributed by atoms with E-state index >= 15 is 0 Å². The molecule has 5 heteroatoms. The number of nitrogens with two attached hydrogens (primary N) is 1. The zero-order valence-corrected chi connectivity index (χ0v) is 8.38. The summed E-state index contributed by atoms with van der Waals surface area (Å²) in [4.78, 5) is 0. The lowest BCUT2D eigenvalue weighted by Gasteiger charge is -2.03. The molecule has 1 heterocycles. The summed E-state index contributed by atoms with van der Waals surface area (Å²) in [6.45, 7) is 2.42. The van der Waals surface area contributed by atoms with E-state index in [4.69, 9.17) is 5.73 Å². The van der Waals surface area contributed by atoms with Gasteiger partial charge in [-0.15, -0.1) is 5.10 Å². The Morgan fingerprint density at radius 2 is 2.27 bits per heavy atom. The molecule has 0 fully saturated rings. The fraction of sp³-hybridized carbons (Fsp3) is 0.200. The van der Waals surface area contributed by atoms with E-state index in [0.717, 1.165) is 11.3 Å². The maximum absolute atomic E-state index is 9.30. The number of rotatable bonds is 2. The smallest absolute Gasteiger partial charge is 0.168 e. The van der Waals surface area contributed by atoms with Gasteiger partial charge in [-0.25, -0.2) is 4.68 Å². The van der Waals surface area contributed by atoms with Crippen LogP contribution in [0.15, 0.2) is 24.3 Å². The fourth-order valence-electron chi connectivity index (χ4n) is 1.35. The first-order valence-electron chi connectivity index (χ1n) is 4.60. The van der Waals surface area contributed by atoms with Crippen LogP contribution in [0.2, 0.25) is 0 Å². The summed E-state index contributed by atoms with van der Waals surface area (Å²) in [5.74, 6) is 0.688. The molecule has 15 heavy (non-hydrogen) atoms. The van der Waals surface area contributed by atoms with Gasteiger partial charge in [0.25, 0.3) is 0 Å². The highest BCUT2D eigenvalue weighted by atomic mass is 16.3. The Morgan fingerprint density at radius 3 is 2.87 bits per heavy atom. The number of phenols is 1. The van der Waals surface area contributed by atoms with E-state index in [1.165, 1.54) is 0 Å². The third-order valence-corrected chi connectivity index (χ3v) is 2.26. The molecule has 0 saturated carbocycles. The zero-order valence-electron chi connectivity index (χ0n) is 8.38. The Hall–Kier alpha value is -2.04. The third kappa shape index (κ3) is 1.90. The Labute approximate surface area is 87.1 Å². The Morgan fingerprint density at radius 1 is 1.47 bits per heavy atom. The number of nitrogens with zero attached hydrogens (tertiary/aromatic N) is 3. The van der Waals surface area contributed by atoms with Crippen molar-refractivity contribution in [3.05, 3.63) is 35.5 Å². The summed E-state index contributed by atoms with van der Waals surface area (Å²) in [6.07, 6.45) is 0. The van der Waals surface area contributed by atoms with Crippen LogP contribution in [0.4, 0.5) is 5.82 Å². The van der Waals surface area contributed by atoms with Crippen molar-refractivity contribution >= 4 is 5.82 Å². The van der Waals surface area contributed by atoms with Crippen LogP contribution in [0, 0.1) is 6.92 Å². The second-order valence-corrected chi connectivity index (χ2v) is 3.39. The topological polar surface area (TPSA) is 77.0 Å². The van der Waals surface area contributed by atoms with Crippen molar-refractivity contribution in [2.24, 2.45) is 0 Å². The summed E-state index contributed by atoms with van der Waals surface area (Å²) in [6, 6.07) is 7.03. The van der Waals surface area contributed by atoms with Crippen LogP contribution in [0.1, 0.15) is 11.3 Å². The fourth-order valence-corrected chi connectivity index (χ4v) is 1.35. The molecule has 0 aliphatic heterocycles. The minimum atomic E-state index is 0.248. The first kappa shape index (κ1) is 9.51. The van der Waals surface area contributed by atoms with Gasteiger partial charge in [-0.3, -0.25) is 0 Å². The van der Waals surface area contributed by atoms with E-state index in [9.17, 15) is 5.11 Å². The van der Waals surface area contributed by atoms with E-state index < -0.39 is 0 Å². The zero-order chi connectivity index (χ0) is 10.8. The lowest BCUT2D eigenvalue weighted by Crippen LogP contribution is -2.04. The molecule has 0 saturated heterocycles. The Balaban J connectivity index is 2.26. The van der Waals surface area contributed by atoms with Crippen molar-refractivity contribution in [1.82, 2.24) is 15.0 Å². The number of anilines is 1. The maximum Gasteiger partial charge on any atom is 0.168 e. The predicted octanol–water partition coefficient (Wildman–Crippen LogP) is 0.923. The summed E-state index contributed by atoms with van der Waals surface area (Å²) in [7, 11) is 0. The first-order valence-corrected chi connectivity index (χ1v) is 4.60. The molecule has 2 aromatic rings. The van der Waals surface area contributed by atoms with E-state index in [2.05, 4.69) is 10.3 Å². The van der Waals surface area contributed by atoms with Crippen LogP contribution in [0.5, 0.6) is 5.75 Å². The molecule has 0 amide bonds. The van der Waals surface area contributed by atoms with E-state index in [-0.39, 0.29) is 5.75 Å². The van der Waals surface area contributed by atoms with Gasteiger partial charge < -0.3 is 10.8 Å². The van der Waals surface area contributed by atoms with Crippen molar-refractivity contribution in [2.75, 3.05) is 5.73 Å². The highest BCUT2D eigenvalue weighted by Crippen LogP contribution is 2.13. The average Bonchev–Trinajstić information content (AvgIpc) is 2.50. The molecule has 3 N–H and O–H groups in total. The van der Waals surface area contributed by atoms with Crippen LogP contribution in [0.3, 0.4) is 0 Å². The third-order valence-electron chi connectivity index (χ3n) is 2.26. The average molecular weight is 204 g/mol. The number of benzene rings is 1. The van der Waals surface area contributed by atoms with Crippen molar-refractivity contribution < 1.29 is 5.11 Å². The van der Waals surface area contributed by atoms with Crippen molar-refractivity contribution in [2.45, 2.75) is 13.5 Å². The molecule has 0 unspecified atom stereocenters. The maximum atomic E-state index is 9.30. The largest absolute Gasteiger partial charge is 0.508 e. The van der Waals surface area contributed by atoms with Crippen LogP contribution in [-0.4, -0.2) is 20.1 Å². The van der Waals surface area contributed by atoms with Gasteiger partial charge in [0.15, 0.2) is 5.82 Å². The minimum Gasteiger partial charge on any atom is -0.508 e. The summed E-state index contributed by atoms with van der Waals surface area (Å²) < 4.78 is 1.70. The Bertz CT molecular complexity index is 478. The minimum absolute atomic E-state index is 0.248. The van der Waals surface area contributed by atoms with Crippen LogP contribution in [0.25, 0.3) is 0 Å². The molecule has 1 aromatic carbocycles. The molecular formula is C10H12N4O. The van der Waals surface area contributed by atoms with Crippen LogP contribution >= 0.6 is 0 Å². The SMILES string of the molecule is Cc1c(N)nnn1Cc1cccc(O)c1. The number of hydrogen-bond acceptors (Lipinski definition) is 4. The molecule has 5 nitrogen and oxygen atoms in total. The second-order valence-electron chi connectivity index (χ2n) is 3.39. The van der Waals surface area contributed by atoms with Crippen LogP contribution in [-0.2, 0) is 6.54 Å². The van der Waals surface area contributed by atoms with Crippen molar-refractivity contribution in [3.8, 4) is 5.75 Å². The predicted molar refractivity (Wildman–Crippen MR) is 56.4 cm³/mol. The van der Waals surface area contributed by atoms with Gasteiger partial charge in [0, 0.05) is 0 Å². The lowest BCUT2D eigenvalue weighted by molar-refractivity contribution is 0.474. The monoisotopic (exact) mass is 204 g/mol. The molecule has 0 bridgehead atoms. The van der Waals surface area contributed by atoms with E-state index in [1.807, 2.05) is 13.0 Å². The summed E-state index contributed by atoms with van der Waals surface area (Å²) >= 11 is 0. The van der Waals surface area contributed by atoms with Crippen LogP contribution < -0.4 is 5.73 Å². The molecule has 78 valence electrons. The van der Waals surface area contributed by atoms with E-state index in [1.54, 1.807) is 22.9 Å². The molecule has 2 rings (SSSR count). The molecular weight excluding hydrogens is 192 g/mol. The van der Waals surface area contributed by atoms with Gasteiger partial charge in [0.2, 0.25) is 0 Å². The van der Waals surface area contributed by atoms with Gasteiger partial charge in [-0.1, -0.05) is 17.3 Å². The number of nitrogen functional groups attached to an aromatic ring is 1. The Kier molecular flexibility index (Phi) is 2.29. The number of hydrogen-bond donors (Lipinski definition) is 2. The second kappa shape index (κ2) is 3.61. The molecule has 0 atom stereocenters. The molecule has 0 radical (unpaired) electrons. The van der Waals surface area contributed by atoms with Gasteiger partial charge >= 0.3 is 0 Å². The summed E-state index contributed by atoms with van der Waals surface area (Å²) in [5, 5.41) is 17.0. The van der Waals surface area contributed by atoms with Gasteiger partial charge in [0.05, 0.1) is 12.2 Å². The normalized spacial score (nSPS) is 10.5. The van der Waals surface area contributed by atoms with Crippen molar-refractivity contribution in [1.29, 1.82) is 0 Å². The molecule has 1 aromatic heterocycles. The molecule has 0 aliphatic carbocycles. The quantitative estimate of drug-likeness (QED) is 0.762. The van der Waals surface area contributed by atoms with E-state index in [0.29, 0.717) is 12.4 Å². The highest BCUT2D eigenvalue weighted by Gasteiger charge is 2.05. The van der Waals surface area contributed by atoms with Crippen molar-refractivity contribution in [3.63, 3.8) is 0 Å². The van der Waals surface area contributed by atoms with Gasteiger partial charge in [0.1, 0.15) is 5.75 Å². The number of phenolic OH excluding ortho intramolecular Hbond substituents is 1. The summed E-state index contributed by atoms with van der Waals surface area (Å²) in [5.41, 5.74) is 7.37. The molecule has 0 aliphatic rings. The standard InChI is InChI=1S/C10H12N4O/c1-7-10(11)12-13-14(7)6-8-3-2-4-9(15)5-8/h2-5,15H,6,11H2,1H3. The highest BCUT2D eigenvalue weighted by molar-refractivity contribution is 5.32. The number of aromatic nitrogens is 3. The first-order chi connectivity index (χ1) is 7.16. The molecule has 0 spiro atoms. The van der Waals surface area contributed by atoms with Gasteiger partial charge in [-0.2, -0.15) is 0 Å². The van der Waals surface area contributed by atoms with Gasteiger partial charge in [-0.05, 0) is 24.6 Å². The lowest BCUT2D eigenvalue weighted by atomic mass is 10.2.